The number of aliphatic carboxylic acids is 1. The van der Waals surface area contributed by atoms with Crippen LogP contribution in [0.25, 0.3) is 0 Å². The van der Waals surface area contributed by atoms with Gasteiger partial charge >= 0.3 is 11.9 Å². The summed E-state index contributed by atoms with van der Waals surface area (Å²) in [6.45, 7) is 2.78. The third-order valence-electron chi connectivity index (χ3n) is 2.63. The number of hydrogen-bond acceptors (Lipinski definition) is 7. The van der Waals surface area contributed by atoms with Crippen LogP contribution < -0.4 is 15.8 Å². The standard InChI is InChI=1S/C12H16N2O7/c1-12(2)20-10(18)6(11(19)21-12)5-14-7(9(16)17)3-4-8(13)15/h5-7H,3-4H2,1-2H3,(H2,13,15)(H,16,17). The number of primary amides is 1. The van der Waals surface area contributed by atoms with Crippen LogP contribution in [0.4, 0.5) is 0 Å². The highest BCUT2D eigenvalue weighted by atomic mass is 16.7. The van der Waals surface area contributed by atoms with E-state index >= 15 is 0 Å². The lowest BCUT2D eigenvalue weighted by atomic mass is 10.1. The second kappa shape index (κ2) is 6.33. The Morgan fingerprint density at radius 3 is 2.33 bits per heavy atom. The summed E-state index contributed by atoms with van der Waals surface area (Å²) in [5.74, 6) is -6.66. The molecule has 0 aromatic heterocycles. The summed E-state index contributed by atoms with van der Waals surface area (Å²) >= 11 is 0. The van der Waals surface area contributed by atoms with Gasteiger partial charge in [-0.05, 0) is 0 Å². The minimum Gasteiger partial charge on any atom is -0.543 e. The predicted octanol–water partition coefficient (Wildman–Crippen LogP) is -4.03. The van der Waals surface area contributed by atoms with Crippen LogP contribution in [0, 0.1) is 5.92 Å². The van der Waals surface area contributed by atoms with Gasteiger partial charge in [0.05, 0.1) is 0 Å². The Hall–Kier alpha value is -2.45. The fraction of sp³-hybridized carbons (Fsp3) is 0.583. The molecule has 9 heteroatoms. The molecule has 1 fully saturated rings. The van der Waals surface area contributed by atoms with Gasteiger partial charge in [-0.3, -0.25) is 14.4 Å². The summed E-state index contributed by atoms with van der Waals surface area (Å²) < 4.78 is 9.71. The van der Waals surface area contributed by atoms with Crippen LogP contribution in [0.5, 0.6) is 0 Å². The molecular formula is C12H16N2O7. The molecule has 0 bridgehead atoms. The minimum atomic E-state index is -1.50. The first-order valence-corrected chi connectivity index (χ1v) is 6.16. The van der Waals surface area contributed by atoms with Crippen molar-refractivity contribution in [3.63, 3.8) is 0 Å². The first kappa shape index (κ1) is 16.6. The van der Waals surface area contributed by atoms with Gasteiger partial charge in [0.1, 0.15) is 5.97 Å². The van der Waals surface area contributed by atoms with E-state index in [4.69, 9.17) is 15.2 Å². The average Bonchev–Trinajstić information content (AvgIpc) is 2.29. The van der Waals surface area contributed by atoms with E-state index in [9.17, 15) is 24.3 Å². The topological polar surface area (TPSA) is 150 Å². The summed E-state index contributed by atoms with van der Waals surface area (Å²) in [6, 6.07) is -1.27. The first-order valence-electron chi connectivity index (χ1n) is 6.16. The molecule has 9 nitrogen and oxygen atoms in total. The van der Waals surface area contributed by atoms with Gasteiger partial charge in [-0.2, -0.15) is 0 Å². The molecule has 0 aromatic carbocycles. The number of esters is 2. The maximum absolute atomic E-state index is 11.6. The number of hydrogen-bond donors (Lipinski definition) is 2. The zero-order valence-electron chi connectivity index (χ0n) is 11.6. The Kier molecular flexibility index (Phi) is 5.01. The highest BCUT2D eigenvalue weighted by molar-refractivity contribution is 6.09. The number of rotatable bonds is 6. The fourth-order valence-electron chi connectivity index (χ4n) is 1.63. The number of ether oxygens (including phenoxy) is 2. The van der Waals surface area contributed by atoms with Crippen LogP contribution in [0.15, 0.2) is 0 Å². The second-order valence-electron chi connectivity index (χ2n) is 4.93. The van der Waals surface area contributed by atoms with E-state index in [-0.39, 0.29) is 12.8 Å². The highest BCUT2D eigenvalue weighted by Gasteiger charge is 2.44. The van der Waals surface area contributed by atoms with E-state index < -0.39 is 41.6 Å². The Morgan fingerprint density at radius 1 is 1.38 bits per heavy atom. The van der Waals surface area contributed by atoms with Crippen molar-refractivity contribution in [2.75, 3.05) is 0 Å². The average molecular weight is 300 g/mol. The summed E-state index contributed by atoms with van der Waals surface area (Å²) in [7, 11) is 0. The Morgan fingerprint density at radius 2 is 1.90 bits per heavy atom. The maximum atomic E-state index is 11.6. The number of carbonyl (C=O) groups is 4. The molecule has 0 spiro atoms. The van der Waals surface area contributed by atoms with Crippen molar-refractivity contribution in [3.8, 4) is 0 Å². The van der Waals surface area contributed by atoms with Crippen molar-refractivity contribution in [1.82, 2.24) is 0 Å². The lowest BCUT2D eigenvalue weighted by Gasteiger charge is -2.30. The van der Waals surface area contributed by atoms with Crippen molar-refractivity contribution < 1.29 is 38.8 Å². The summed E-state index contributed by atoms with van der Waals surface area (Å²) in [5.41, 5.74) is 4.92. The highest BCUT2D eigenvalue weighted by Crippen LogP contribution is 2.21. The van der Waals surface area contributed by atoms with Gasteiger partial charge in [0, 0.05) is 26.7 Å². The molecular weight excluding hydrogens is 284 g/mol. The Labute approximate surface area is 120 Å². The predicted molar refractivity (Wildman–Crippen MR) is 64.0 cm³/mol. The van der Waals surface area contributed by atoms with Gasteiger partial charge in [0.2, 0.25) is 11.8 Å². The second-order valence-corrected chi connectivity index (χ2v) is 4.93. The molecule has 21 heavy (non-hydrogen) atoms. The quantitative estimate of drug-likeness (QED) is 0.288. The molecule has 1 amide bonds. The van der Waals surface area contributed by atoms with Crippen molar-refractivity contribution in [2.45, 2.75) is 38.5 Å². The molecule has 1 heterocycles. The van der Waals surface area contributed by atoms with Crippen molar-refractivity contribution in [2.24, 2.45) is 11.7 Å². The number of carboxylic acids is 1. The number of nitrogens with two attached hydrogens (primary N) is 1. The van der Waals surface area contributed by atoms with Crippen molar-refractivity contribution in [1.29, 1.82) is 0 Å². The molecule has 3 N–H and O–H groups in total. The van der Waals surface area contributed by atoms with Crippen LogP contribution in [-0.2, 0) is 28.7 Å². The zero-order valence-corrected chi connectivity index (χ0v) is 11.6. The largest absolute Gasteiger partial charge is 0.543 e. The third-order valence-corrected chi connectivity index (χ3v) is 2.63. The molecule has 1 saturated heterocycles. The van der Waals surface area contributed by atoms with E-state index in [1.54, 1.807) is 0 Å². The van der Waals surface area contributed by atoms with Crippen LogP contribution >= 0.6 is 0 Å². The van der Waals surface area contributed by atoms with Gasteiger partial charge in [-0.15, -0.1) is 0 Å². The monoisotopic (exact) mass is 300 g/mol. The fourth-order valence-corrected chi connectivity index (χ4v) is 1.63. The smallest absolute Gasteiger partial charge is 0.333 e. The Balaban J connectivity index is 2.76. The molecule has 0 aliphatic carbocycles. The van der Waals surface area contributed by atoms with Gasteiger partial charge in [-0.1, -0.05) is 0 Å². The van der Waals surface area contributed by atoms with E-state index in [1.807, 2.05) is 0 Å². The zero-order chi connectivity index (χ0) is 16.2. The van der Waals surface area contributed by atoms with Crippen molar-refractivity contribution in [3.05, 3.63) is 0 Å². The summed E-state index contributed by atoms with van der Waals surface area (Å²) in [4.78, 5) is 47.1. The van der Waals surface area contributed by atoms with E-state index in [2.05, 4.69) is 4.99 Å². The van der Waals surface area contributed by atoms with Gasteiger partial charge in [0.15, 0.2) is 12.3 Å². The summed E-state index contributed by atoms with van der Waals surface area (Å²) in [6.07, 6.45) is 0.615. The number of carboxylic acid groups (broad SMARTS) is 1. The van der Waals surface area contributed by atoms with Crippen LogP contribution in [0.2, 0.25) is 0 Å². The Bertz CT molecular complexity index is 478. The number of cyclic esters (lactones) is 2. The molecule has 1 unspecified atom stereocenters. The van der Waals surface area contributed by atoms with Gasteiger partial charge in [0.25, 0.3) is 5.79 Å². The van der Waals surface area contributed by atoms with Crippen LogP contribution in [0.1, 0.15) is 26.7 Å². The molecule has 0 radical (unpaired) electrons. The number of nitrogens with one attached hydrogen (secondary N) is 1. The SMILES string of the molecule is CC1(C)OC(=O)C(C=[NH+]C(CCC(N)=O)C(=O)[O-])C(=O)O1. The molecule has 116 valence electrons. The first-order chi connectivity index (χ1) is 9.62. The summed E-state index contributed by atoms with van der Waals surface area (Å²) in [5, 5.41) is 10.9. The molecule has 1 atom stereocenters. The van der Waals surface area contributed by atoms with Gasteiger partial charge in [-0.25, -0.2) is 4.99 Å². The van der Waals surface area contributed by atoms with E-state index in [1.165, 1.54) is 13.8 Å². The maximum Gasteiger partial charge on any atom is 0.333 e. The molecule has 0 saturated carbocycles. The number of amides is 1. The van der Waals surface area contributed by atoms with E-state index in [0.717, 1.165) is 6.21 Å². The lowest BCUT2D eigenvalue weighted by molar-refractivity contribution is -0.504. The molecule has 1 rings (SSSR count). The van der Waals surface area contributed by atoms with E-state index in [0.29, 0.717) is 0 Å². The molecule has 1 aliphatic heterocycles. The molecule has 1 aliphatic rings. The van der Waals surface area contributed by atoms with Crippen LogP contribution in [-0.4, -0.2) is 41.9 Å². The van der Waals surface area contributed by atoms with Gasteiger partial charge < -0.3 is 25.1 Å². The van der Waals surface area contributed by atoms with Crippen LogP contribution in [0.3, 0.4) is 0 Å². The minimum absolute atomic E-state index is 0.142. The molecule has 0 aromatic rings. The third kappa shape index (κ3) is 4.86. The number of carbonyl (C=O) groups excluding carboxylic acids is 4. The normalized spacial score (nSPS) is 19.9. The van der Waals surface area contributed by atoms with Crippen molar-refractivity contribution >= 4 is 30.0 Å². The lowest BCUT2D eigenvalue weighted by Crippen LogP contribution is -2.82.